The molecule has 0 bridgehead atoms. The molecule has 1 unspecified atom stereocenters. The van der Waals surface area contributed by atoms with Crippen molar-refractivity contribution in [3.8, 4) is 0 Å². The maximum atomic E-state index is 11.7. The summed E-state index contributed by atoms with van der Waals surface area (Å²) in [7, 11) is 0. The Bertz CT molecular complexity index is 157. The molecular weight excluding hydrogens is 166 g/mol. The number of rotatable bonds is 3. The number of amides is 1. The first-order valence-corrected chi connectivity index (χ1v) is 3.96. The maximum Gasteiger partial charge on any atom is 0.255 e. The van der Waals surface area contributed by atoms with Gasteiger partial charge in [-0.3, -0.25) is 4.79 Å². The molecule has 70 valence electrons. The van der Waals surface area contributed by atoms with Crippen LogP contribution in [0.3, 0.4) is 0 Å². The fourth-order valence-electron chi connectivity index (χ4n) is 1.20. The van der Waals surface area contributed by atoms with Crippen LogP contribution in [0.15, 0.2) is 0 Å². The van der Waals surface area contributed by atoms with Gasteiger partial charge in [-0.15, -0.1) is 0 Å². The van der Waals surface area contributed by atoms with Crippen LogP contribution in [0, 0.1) is 5.92 Å². The zero-order valence-electron chi connectivity index (χ0n) is 6.65. The molecule has 1 fully saturated rings. The van der Waals surface area contributed by atoms with Gasteiger partial charge in [0, 0.05) is 6.54 Å². The number of carbonyl (C=O) groups excluding carboxylic acids is 1. The summed E-state index contributed by atoms with van der Waals surface area (Å²) in [5.74, 6) is -0.385. The molecule has 0 radical (unpaired) electrons. The van der Waals surface area contributed by atoms with Crippen molar-refractivity contribution in [1.82, 2.24) is 10.6 Å². The second-order valence-electron chi connectivity index (χ2n) is 2.83. The van der Waals surface area contributed by atoms with Crippen LogP contribution in [0.25, 0.3) is 0 Å². The molecule has 1 rings (SSSR count). The zero-order valence-corrected chi connectivity index (χ0v) is 6.65. The summed E-state index contributed by atoms with van der Waals surface area (Å²) in [6.45, 7) is 0.872. The predicted octanol–water partition coefficient (Wildman–Crippen LogP) is -0.0228. The van der Waals surface area contributed by atoms with E-state index in [4.69, 9.17) is 0 Å². The van der Waals surface area contributed by atoms with E-state index in [-0.39, 0.29) is 11.8 Å². The lowest BCUT2D eigenvalue weighted by atomic mass is 10.1. The average Bonchev–Trinajstić information content (AvgIpc) is 2.51. The number of alkyl halides is 2. The van der Waals surface area contributed by atoms with E-state index in [0.717, 1.165) is 13.0 Å². The summed E-state index contributed by atoms with van der Waals surface area (Å²) in [5.41, 5.74) is 0. The van der Waals surface area contributed by atoms with Crippen LogP contribution in [0.4, 0.5) is 8.78 Å². The van der Waals surface area contributed by atoms with Gasteiger partial charge in [0.2, 0.25) is 5.91 Å². The van der Waals surface area contributed by atoms with Crippen LogP contribution >= 0.6 is 0 Å². The number of hydrogen-bond donors (Lipinski definition) is 2. The minimum absolute atomic E-state index is 0.122. The summed E-state index contributed by atoms with van der Waals surface area (Å²) in [4.78, 5) is 11.1. The van der Waals surface area contributed by atoms with Gasteiger partial charge in [0.1, 0.15) is 0 Å². The Hall–Kier alpha value is -0.710. The second kappa shape index (κ2) is 4.35. The fraction of sp³-hybridized carbons (Fsp3) is 0.857. The monoisotopic (exact) mass is 178 g/mol. The van der Waals surface area contributed by atoms with E-state index in [2.05, 4.69) is 10.6 Å². The zero-order chi connectivity index (χ0) is 8.97. The summed E-state index contributed by atoms with van der Waals surface area (Å²) >= 11 is 0. The van der Waals surface area contributed by atoms with E-state index in [0.29, 0.717) is 6.54 Å². The Kier molecular flexibility index (Phi) is 3.40. The molecule has 0 aromatic rings. The van der Waals surface area contributed by atoms with Crippen molar-refractivity contribution in [2.45, 2.75) is 12.8 Å². The molecule has 0 aromatic carbocycles. The minimum atomic E-state index is -2.46. The number of carbonyl (C=O) groups is 1. The van der Waals surface area contributed by atoms with Crippen molar-refractivity contribution in [2.24, 2.45) is 5.92 Å². The van der Waals surface area contributed by atoms with Crippen molar-refractivity contribution in [2.75, 3.05) is 19.6 Å². The summed E-state index contributed by atoms with van der Waals surface area (Å²) in [6, 6.07) is 0. The Morgan fingerprint density at radius 2 is 2.42 bits per heavy atom. The highest BCUT2D eigenvalue weighted by Crippen LogP contribution is 2.06. The Labute approximate surface area is 69.5 Å². The van der Waals surface area contributed by atoms with E-state index in [1.54, 1.807) is 0 Å². The average molecular weight is 178 g/mol. The molecule has 12 heavy (non-hydrogen) atoms. The van der Waals surface area contributed by atoms with Gasteiger partial charge in [-0.05, 0) is 13.0 Å². The molecule has 0 saturated carbocycles. The van der Waals surface area contributed by atoms with Crippen molar-refractivity contribution in [3.05, 3.63) is 0 Å². The number of halogens is 2. The largest absolute Gasteiger partial charge is 0.350 e. The maximum absolute atomic E-state index is 11.7. The summed E-state index contributed by atoms with van der Waals surface area (Å²) in [6.07, 6.45) is -1.71. The molecule has 0 aromatic heterocycles. The van der Waals surface area contributed by atoms with Crippen molar-refractivity contribution < 1.29 is 13.6 Å². The van der Waals surface area contributed by atoms with Crippen LogP contribution < -0.4 is 10.6 Å². The van der Waals surface area contributed by atoms with E-state index >= 15 is 0 Å². The SMILES string of the molecule is O=C(NCC(F)F)C1CCNC1. The highest BCUT2D eigenvalue weighted by atomic mass is 19.3. The van der Waals surface area contributed by atoms with Crippen LogP contribution in [-0.4, -0.2) is 32.0 Å². The van der Waals surface area contributed by atoms with Gasteiger partial charge in [0.15, 0.2) is 0 Å². The first-order chi connectivity index (χ1) is 5.70. The summed E-state index contributed by atoms with van der Waals surface area (Å²) < 4.78 is 23.3. The Balaban J connectivity index is 2.18. The van der Waals surface area contributed by atoms with Crippen LogP contribution in [-0.2, 0) is 4.79 Å². The summed E-state index contributed by atoms with van der Waals surface area (Å²) in [5, 5.41) is 5.19. The predicted molar refractivity (Wildman–Crippen MR) is 40.0 cm³/mol. The van der Waals surface area contributed by atoms with Gasteiger partial charge in [0.05, 0.1) is 12.5 Å². The quantitative estimate of drug-likeness (QED) is 0.637. The minimum Gasteiger partial charge on any atom is -0.350 e. The molecule has 1 aliphatic rings. The van der Waals surface area contributed by atoms with Gasteiger partial charge in [-0.2, -0.15) is 0 Å². The van der Waals surface area contributed by atoms with Crippen molar-refractivity contribution in [1.29, 1.82) is 0 Å². The lowest BCUT2D eigenvalue weighted by Crippen LogP contribution is -2.34. The molecule has 2 N–H and O–H groups in total. The normalized spacial score (nSPS) is 23.1. The topological polar surface area (TPSA) is 41.1 Å². The first-order valence-electron chi connectivity index (χ1n) is 3.96. The molecule has 1 heterocycles. The Morgan fingerprint density at radius 1 is 1.67 bits per heavy atom. The van der Waals surface area contributed by atoms with Crippen molar-refractivity contribution in [3.63, 3.8) is 0 Å². The highest BCUT2D eigenvalue weighted by Gasteiger charge is 2.22. The number of nitrogens with one attached hydrogen (secondary N) is 2. The third kappa shape index (κ3) is 2.73. The van der Waals surface area contributed by atoms with Gasteiger partial charge in [-0.1, -0.05) is 0 Å². The van der Waals surface area contributed by atoms with Gasteiger partial charge in [-0.25, -0.2) is 8.78 Å². The van der Waals surface area contributed by atoms with E-state index in [1.165, 1.54) is 0 Å². The third-order valence-corrected chi connectivity index (χ3v) is 1.86. The molecule has 0 spiro atoms. The fourth-order valence-corrected chi connectivity index (χ4v) is 1.20. The molecular formula is C7H12F2N2O. The van der Waals surface area contributed by atoms with Crippen LogP contribution in [0.2, 0.25) is 0 Å². The van der Waals surface area contributed by atoms with Crippen LogP contribution in [0.5, 0.6) is 0 Å². The Morgan fingerprint density at radius 3 is 2.92 bits per heavy atom. The molecule has 3 nitrogen and oxygen atoms in total. The molecule has 5 heteroatoms. The van der Waals surface area contributed by atoms with E-state index in [1.807, 2.05) is 0 Å². The standard InChI is InChI=1S/C7H12F2N2O/c8-6(9)4-11-7(12)5-1-2-10-3-5/h5-6,10H,1-4H2,(H,11,12). The van der Waals surface area contributed by atoms with Gasteiger partial charge >= 0.3 is 0 Å². The molecule has 1 aliphatic heterocycles. The van der Waals surface area contributed by atoms with E-state index < -0.39 is 13.0 Å². The lowest BCUT2D eigenvalue weighted by molar-refractivity contribution is -0.125. The van der Waals surface area contributed by atoms with Crippen molar-refractivity contribution >= 4 is 5.91 Å². The smallest absolute Gasteiger partial charge is 0.255 e. The molecule has 1 atom stereocenters. The third-order valence-electron chi connectivity index (χ3n) is 1.86. The molecule has 1 amide bonds. The highest BCUT2D eigenvalue weighted by molar-refractivity contribution is 5.79. The van der Waals surface area contributed by atoms with Gasteiger partial charge in [0.25, 0.3) is 6.43 Å². The van der Waals surface area contributed by atoms with Gasteiger partial charge < -0.3 is 10.6 Å². The van der Waals surface area contributed by atoms with E-state index in [9.17, 15) is 13.6 Å². The lowest BCUT2D eigenvalue weighted by Gasteiger charge is -2.08. The second-order valence-corrected chi connectivity index (χ2v) is 2.83. The number of hydrogen-bond acceptors (Lipinski definition) is 2. The molecule has 1 saturated heterocycles. The van der Waals surface area contributed by atoms with Crippen LogP contribution in [0.1, 0.15) is 6.42 Å². The first kappa shape index (κ1) is 9.38. The molecule has 0 aliphatic carbocycles.